The van der Waals surface area contributed by atoms with Crippen molar-refractivity contribution in [1.82, 2.24) is 4.57 Å². The first-order valence-electron chi connectivity index (χ1n) is 8.55. The number of nitriles is 1. The second-order valence-corrected chi connectivity index (χ2v) is 6.60. The van der Waals surface area contributed by atoms with E-state index in [0.717, 1.165) is 10.1 Å². The van der Waals surface area contributed by atoms with Gasteiger partial charge in [-0.15, -0.1) is 10.2 Å². The molecule has 0 aliphatic carbocycles. The third-order valence-electron chi connectivity index (χ3n) is 4.49. The fourth-order valence-electron chi connectivity index (χ4n) is 2.91. The third kappa shape index (κ3) is 3.53. The Morgan fingerprint density at radius 1 is 1.11 bits per heavy atom. The molecule has 0 aliphatic rings. The number of halogens is 1. The molecule has 0 amide bonds. The first kappa shape index (κ1) is 19.3. The molecule has 2 aromatic carbocycles. The lowest BCUT2D eigenvalue weighted by Gasteiger charge is -2.19. The van der Waals surface area contributed by atoms with Gasteiger partial charge in [0.25, 0.3) is 5.56 Å². The van der Waals surface area contributed by atoms with Crippen LogP contribution >= 0.6 is 11.6 Å². The molecule has 1 heterocycles. The highest BCUT2D eigenvalue weighted by molar-refractivity contribution is 6.32. The summed E-state index contributed by atoms with van der Waals surface area (Å²) in [5.74, 6) is -0.391. The Kier molecular flexibility index (Phi) is 5.57. The van der Waals surface area contributed by atoms with E-state index in [2.05, 4.69) is 10.2 Å². The van der Waals surface area contributed by atoms with E-state index in [0.29, 0.717) is 10.7 Å². The van der Waals surface area contributed by atoms with Crippen LogP contribution in [-0.4, -0.2) is 9.67 Å². The predicted molar refractivity (Wildman–Crippen MR) is 108 cm³/mol. The van der Waals surface area contributed by atoms with Crippen molar-refractivity contribution in [3.63, 3.8) is 0 Å². The summed E-state index contributed by atoms with van der Waals surface area (Å²) in [6.07, 6.45) is 0. The summed E-state index contributed by atoms with van der Waals surface area (Å²) in [4.78, 5) is 13.1. The normalized spacial score (nSPS) is 12.1. The number of hydrogen-bond donors (Lipinski definition) is 1. The van der Waals surface area contributed by atoms with Crippen molar-refractivity contribution in [2.24, 2.45) is 10.2 Å². The maximum absolute atomic E-state index is 13.1. The molecule has 0 radical (unpaired) electrons. The molecular formula is C21H17ClN4O2. The molecule has 3 rings (SSSR count). The number of aromatic hydroxyl groups is 1. The number of pyridine rings is 1. The van der Waals surface area contributed by atoms with Gasteiger partial charge >= 0.3 is 0 Å². The molecule has 140 valence electrons. The Morgan fingerprint density at radius 3 is 2.39 bits per heavy atom. The molecule has 1 unspecified atom stereocenters. The van der Waals surface area contributed by atoms with Crippen molar-refractivity contribution < 1.29 is 5.11 Å². The number of aromatic nitrogens is 1. The lowest BCUT2D eigenvalue weighted by molar-refractivity contribution is 0.393. The molecule has 6 nitrogen and oxygen atoms in total. The summed E-state index contributed by atoms with van der Waals surface area (Å²) >= 11 is 6.09. The van der Waals surface area contributed by atoms with E-state index < -0.39 is 17.5 Å². The zero-order chi connectivity index (χ0) is 20.3. The quantitative estimate of drug-likeness (QED) is 0.601. The summed E-state index contributed by atoms with van der Waals surface area (Å²) in [6.45, 7) is 3.32. The van der Waals surface area contributed by atoms with Crippen molar-refractivity contribution in [3.8, 4) is 11.9 Å². The summed E-state index contributed by atoms with van der Waals surface area (Å²) in [7, 11) is 0. The van der Waals surface area contributed by atoms with E-state index in [9.17, 15) is 15.2 Å². The highest BCUT2D eigenvalue weighted by Gasteiger charge is 2.23. The maximum Gasteiger partial charge on any atom is 0.282 e. The number of rotatable bonds is 4. The number of hydrogen-bond acceptors (Lipinski definition) is 5. The van der Waals surface area contributed by atoms with Crippen LogP contribution in [0.1, 0.15) is 29.7 Å². The second-order valence-electron chi connectivity index (χ2n) is 6.20. The largest absolute Gasteiger partial charge is 0.493 e. The Hall–Kier alpha value is -3.43. The standard InChI is InChI=1S/C21H17ClN4O2/c1-13-16(12-23)20(27)26(14(2)15-8-4-3-5-9-15)21(28)19(13)25-24-18-11-7-6-10-17(18)22/h3-11,14,27H,1-2H3. The average Bonchev–Trinajstić information content (AvgIpc) is 2.70. The molecule has 0 aliphatic heterocycles. The molecule has 1 N–H and O–H groups in total. The molecule has 0 fully saturated rings. The van der Waals surface area contributed by atoms with E-state index in [1.54, 1.807) is 38.1 Å². The highest BCUT2D eigenvalue weighted by Crippen LogP contribution is 2.31. The Bertz CT molecular complexity index is 1150. The molecule has 3 aromatic rings. The van der Waals surface area contributed by atoms with Crippen LogP contribution in [0.5, 0.6) is 5.88 Å². The van der Waals surface area contributed by atoms with Crippen LogP contribution in [0.3, 0.4) is 0 Å². The average molecular weight is 393 g/mol. The molecule has 1 atom stereocenters. The predicted octanol–water partition coefficient (Wildman–Crippen LogP) is 5.41. The zero-order valence-corrected chi connectivity index (χ0v) is 16.1. The summed E-state index contributed by atoms with van der Waals surface area (Å²) < 4.78 is 1.15. The van der Waals surface area contributed by atoms with Crippen molar-refractivity contribution in [2.75, 3.05) is 0 Å². The van der Waals surface area contributed by atoms with Crippen molar-refractivity contribution in [2.45, 2.75) is 19.9 Å². The van der Waals surface area contributed by atoms with Gasteiger partial charge < -0.3 is 5.11 Å². The molecule has 7 heteroatoms. The van der Waals surface area contributed by atoms with Crippen LogP contribution in [0.25, 0.3) is 0 Å². The zero-order valence-electron chi connectivity index (χ0n) is 15.3. The lowest BCUT2D eigenvalue weighted by Crippen LogP contribution is -2.25. The van der Waals surface area contributed by atoms with Gasteiger partial charge in [0.2, 0.25) is 5.88 Å². The first-order chi connectivity index (χ1) is 13.5. The SMILES string of the molecule is Cc1c(C#N)c(O)n(C(C)c2ccccc2)c(=O)c1N=Nc1ccccc1Cl. The van der Waals surface area contributed by atoms with E-state index in [1.165, 1.54) is 0 Å². The molecule has 0 saturated carbocycles. The molecule has 28 heavy (non-hydrogen) atoms. The van der Waals surface area contributed by atoms with Crippen LogP contribution in [0.2, 0.25) is 5.02 Å². The van der Waals surface area contributed by atoms with Crippen LogP contribution in [0.4, 0.5) is 11.4 Å². The Labute approximate surface area is 167 Å². The Morgan fingerprint density at radius 2 is 1.75 bits per heavy atom. The lowest BCUT2D eigenvalue weighted by atomic mass is 10.1. The highest BCUT2D eigenvalue weighted by atomic mass is 35.5. The summed E-state index contributed by atoms with van der Waals surface area (Å²) in [5, 5.41) is 28.6. The van der Waals surface area contributed by atoms with Gasteiger partial charge in [0.15, 0.2) is 5.69 Å². The second kappa shape index (κ2) is 8.07. The summed E-state index contributed by atoms with van der Waals surface area (Å²) in [5.41, 5.74) is 0.893. The molecule has 1 aromatic heterocycles. The summed E-state index contributed by atoms with van der Waals surface area (Å²) in [6, 6.07) is 17.5. The van der Waals surface area contributed by atoms with Gasteiger partial charge in [-0.3, -0.25) is 9.36 Å². The topological polar surface area (TPSA) is 90.7 Å². The van der Waals surface area contributed by atoms with E-state index >= 15 is 0 Å². The van der Waals surface area contributed by atoms with Gasteiger partial charge in [-0.2, -0.15) is 5.26 Å². The molecule has 0 saturated heterocycles. The van der Waals surface area contributed by atoms with Gasteiger partial charge in [0.05, 0.1) is 11.1 Å². The minimum absolute atomic E-state index is 0.0166. The minimum atomic E-state index is -0.541. The Balaban J connectivity index is 2.20. The van der Waals surface area contributed by atoms with Gasteiger partial charge in [-0.05, 0) is 31.5 Å². The van der Waals surface area contributed by atoms with E-state index in [1.807, 2.05) is 36.4 Å². The van der Waals surface area contributed by atoms with Crippen molar-refractivity contribution in [1.29, 1.82) is 5.26 Å². The molecular weight excluding hydrogens is 376 g/mol. The molecule has 0 spiro atoms. The van der Waals surface area contributed by atoms with Crippen LogP contribution in [0, 0.1) is 18.3 Å². The van der Waals surface area contributed by atoms with Crippen LogP contribution in [-0.2, 0) is 0 Å². The van der Waals surface area contributed by atoms with Crippen molar-refractivity contribution >= 4 is 23.0 Å². The third-order valence-corrected chi connectivity index (χ3v) is 4.81. The number of nitrogens with zero attached hydrogens (tertiary/aromatic N) is 4. The van der Waals surface area contributed by atoms with Crippen LogP contribution in [0.15, 0.2) is 69.6 Å². The van der Waals surface area contributed by atoms with Crippen molar-refractivity contribution in [3.05, 3.63) is 86.7 Å². The van der Waals surface area contributed by atoms with Gasteiger partial charge in [0, 0.05) is 5.56 Å². The smallest absolute Gasteiger partial charge is 0.282 e. The minimum Gasteiger partial charge on any atom is -0.493 e. The maximum atomic E-state index is 13.1. The molecule has 0 bridgehead atoms. The fourth-order valence-corrected chi connectivity index (χ4v) is 3.08. The van der Waals surface area contributed by atoms with Gasteiger partial charge in [0.1, 0.15) is 17.3 Å². The van der Waals surface area contributed by atoms with E-state index in [4.69, 9.17) is 11.6 Å². The monoisotopic (exact) mass is 392 g/mol. The van der Waals surface area contributed by atoms with Gasteiger partial charge in [-0.25, -0.2) is 0 Å². The fraction of sp³-hybridized carbons (Fsp3) is 0.143. The number of benzene rings is 2. The number of azo groups is 1. The van der Waals surface area contributed by atoms with Gasteiger partial charge in [-0.1, -0.05) is 54.1 Å². The van der Waals surface area contributed by atoms with Crippen LogP contribution < -0.4 is 5.56 Å². The van der Waals surface area contributed by atoms with E-state index in [-0.39, 0.29) is 16.8 Å². The first-order valence-corrected chi connectivity index (χ1v) is 8.92.